The molecule has 0 spiro atoms. The van der Waals surface area contributed by atoms with Gasteiger partial charge in [-0.2, -0.15) is 0 Å². The summed E-state index contributed by atoms with van der Waals surface area (Å²) in [6.45, 7) is 1.79. The summed E-state index contributed by atoms with van der Waals surface area (Å²) in [4.78, 5) is 15.7. The highest BCUT2D eigenvalue weighted by Gasteiger charge is 2.06. The van der Waals surface area contributed by atoms with Gasteiger partial charge < -0.3 is 5.32 Å². The van der Waals surface area contributed by atoms with Crippen LogP contribution >= 0.6 is 11.6 Å². The highest BCUT2D eigenvalue weighted by molar-refractivity contribution is 6.32. The molecule has 0 saturated heterocycles. The van der Waals surface area contributed by atoms with Crippen molar-refractivity contribution in [3.05, 3.63) is 47.6 Å². The van der Waals surface area contributed by atoms with E-state index in [4.69, 9.17) is 11.6 Å². The summed E-state index contributed by atoms with van der Waals surface area (Å²) >= 11 is 5.99. The van der Waals surface area contributed by atoms with Gasteiger partial charge in [0.15, 0.2) is 0 Å². The fraction of sp³-hybridized carbons (Fsp3) is 0.0769. The Bertz CT molecular complexity index is 593. The van der Waals surface area contributed by atoms with Crippen molar-refractivity contribution in [2.24, 2.45) is 0 Å². The van der Waals surface area contributed by atoms with Crippen LogP contribution in [0.25, 0.3) is 10.9 Å². The van der Waals surface area contributed by atoms with E-state index < -0.39 is 0 Å². The third kappa shape index (κ3) is 2.63. The van der Waals surface area contributed by atoms with Crippen molar-refractivity contribution in [3.63, 3.8) is 0 Å². The average Bonchev–Trinajstić information content (AvgIpc) is 2.29. The number of aromatic nitrogens is 1. The number of carbonyl (C=O) groups is 1. The summed E-state index contributed by atoms with van der Waals surface area (Å²) in [5, 5.41) is 4.22. The van der Waals surface area contributed by atoms with Crippen LogP contribution in [0.3, 0.4) is 0 Å². The van der Waals surface area contributed by atoms with Gasteiger partial charge in [0.25, 0.3) is 0 Å². The van der Waals surface area contributed by atoms with Crippen molar-refractivity contribution in [2.45, 2.75) is 6.92 Å². The van der Waals surface area contributed by atoms with Crippen LogP contribution in [0.4, 0.5) is 5.69 Å². The first kappa shape index (κ1) is 11.6. The van der Waals surface area contributed by atoms with Crippen molar-refractivity contribution in [2.75, 3.05) is 5.32 Å². The van der Waals surface area contributed by atoms with Crippen LogP contribution in [-0.4, -0.2) is 10.9 Å². The third-order valence-corrected chi connectivity index (χ3v) is 2.46. The Labute approximate surface area is 104 Å². The van der Waals surface area contributed by atoms with Gasteiger partial charge in [0.05, 0.1) is 11.2 Å². The van der Waals surface area contributed by atoms with Crippen molar-refractivity contribution in [1.82, 2.24) is 4.98 Å². The number of rotatable bonds is 2. The first-order chi connectivity index (χ1) is 8.20. The third-order valence-electron chi connectivity index (χ3n) is 2.25. The van der Waals surface area contributed by atoms with Crippen LogP contribution < -0.4 is 5.32 Å². The minimum absolute atomic E-state index is 0.193. The normalized spacial score (nSPS) is 10.9. The molecule has 2 rings (SSSR count). The lowest BCUT2D eigenvalue weighted by Gasteiger charge is -2.06. The average molecular weight is 247 g/mol. The van der Waals surface area contributed by atoms with Gasteiger partial charge in [-0.25, -0.2) is 0 Å². The maximum absolute atomic E-state index is 11.5. The van der Waals surface area contributed by atoms with E-state index in [9.17, 15) is 4.79 Å². The van der Waals surface area contributed by atoms with Crippen LogP contribution in [0.1, 0.15) is 6.92 Å². The first-order valence-electron chi connectivity index (χ1n) is 5.18. The molecule has 1 aromatic heterocycles. The highest BCUT2D eigenvalue weighted by atomic mass is 35.5. The summed E-state index contributed by atoms with van der Waals surface area (Å²) in [6, 6.07) is 7.24. The van der Waals surface area contributed by atoms with E-state index in [0.29, 0.717) is 10.7 Å². The van der Waals surface area contributed by atoms with Crippen molar-refractivity contribution < 1.29 is 4.79 Å². The van der Waals surface area contributed by atoms with Gasteiger partial charge in [0, 0.05) is 16.6 Å². The Morgan fingerprint density at radius 1 is 1.47 bits per heavy atom. The molecule has 1 N–H and O–H groups in total. The molecule has 1 aromatic carbocycles. The molecule has 0 fully saturated rings. The Kier molecular flexibility index (Phi) is 3.40. The van der Waals surface area contributed by atoms with Crippen LogP contribution in [0.5, 0.6) is 0 Å². The van der Waals surface area contributed by atoms with Gasteiger partial charge in [-0.15, -0.1) is 0 Å². The highest BCUT2D eigenvalue weighted by Crippen LogP contribution is 2.26. The molecule has 86 valence electrons. The maximum Gasteiger partial charge on any atom is 0.248 e. The van der Waals surface area contributed by atoms with Crippen LogP contribution in [0, 0.1) is 0 Å². The van der Waals surface area contributed by atoms with E-state index in [-0.39, 0.29) is 5.91 Å². The van der Waals surface area contributed by atoms with E-state index >= 15 is 0 Å². The number of fused-ring (bicyclic) bond motifs is 1. The molecular formula is C13H11ClN2O. The van der Waals surface area contributed by atoms with Gasteiger partial charge in [-0.05, 0) is 31.2 Å². The molecule has 2 aromatic rings. The molecule has 1 heterocycles. The number of hydrogen-bond donors (Lipinski definition) is 1. The largest absolute Gasteiger partial charge is 0.321 e. The molecule has 0 atom stereocenters. The molecule has 17 heavy (non-hydrogen) atoms. The van der Waals surface area contributed by atoms with E-state index in [2.05, 4.69) is 10.3 Å². The zero-order chi connectivity index (χ0) is 12.3. The number of anilines is 1. The summed E-state index contributed by atoms with van der Waals surface area (Å²) in [5.74, 6) is -0.193. The molecule has 0 saturated carbocycles. The number of nitrogens with zero attached hydrogens (tertiary/aromatic N) is 1. The van der Waals surface area contributed by atoms with E-state index in [1.54, 1.807) is 25.3 Å². The topological polar surface area (TPSA) is 42.0 Å². The van der Waals surface area contributed by atoms with Gasteiger partial charge in [0.1, 0.15) is 0 Å². The Morgan fingerprint density at radius 2 is 2.29 bits per heavy atom. The molecule has 0 unspecified atom stereocenters. The quantitative estimate of drug-likeness (QED) is 0.826. The summed E-state index contributed by atoms with van der Waals surface area (Å²) in [5.41, 5.74) is 1.35. The second-order valence-electron chi connectivity index (χ2n) is 3.52. The van der Waals surface area contributed by atoms with Gasteiger partial charge in [-0.3, -0.25) is 9.78 Å². The molecule has 3 nitrogen and oxygen atoms in total. The molecule has 0 aliphatic rings. The minimum Gasteiger partial charge on any atom is -0.321 e. The van der Waals surface area contributed by atoms with Crippen molar-refractivity contribution in [3.8, 4) is 0 Å². The van der Waals surface area contributed by atoms with Crippen LogP contribution in [-0.2, 0) is 4.79 Å². The summed E-state index contributed by atoms with van der Waals surface area (Å²) in [6.07, 6.45) is 4.81. The van der Waals surface area contributed by atoms with E-state index in [1.807, 2.05) is 18.2 Å². The Hall–Kier alpha value is -1.87. The number of allylic oxidation sites excluding steroid dienone is 1. The van der Waals surface area contributed by atoms with Crippen LogP contribution in [0.15, 0.2) is 42.6 Å². The molecule has 0 radical (unpaired) electrons. The Balaban J connectivity index is 2.49. The standard InChI is InChI=1S/C13H11ClN2O/c1-2-4-12(17)16-11-8-10(14)7-9-5-3-6-15-13(9)11/h2-8H,1H3,(H,16,17). The lowest BCUT2D eigenvalue weighted by molar-refractivity contribution is -0.111. The summed E-state index contributed by atoms with van der Waals surface area (Å²) in [7, 11) is 0. The first-order valence-corrected chi connectivity index (χ1v) is 5.56. The second kappa shape index (κ2) is 4.97. The van der Waals surface area contributed by atoms with Crippen molar-refractivity contribution >= 4 is 34.1 Å². The lowest BCUT2D eigenvalue weighted by Crippen LogP contribution is -2.08. The number of amides is 1. The van der Waals surface area contributed by atoms with Crippen molar-refractivity contribution in [1.29, 1.82) is 0 Å². The number of hydrogen-bond acceptors (Lipinski definition) is 2. The minimum atomic E-state index is -0.193. The molecule has 1 amide bonds. The van der Waals surface area contributed by atoms with E-state index in [0.717, 1.165) is 10.9 Å². The maximum atomic E-state index is 11.5. The molecule has 0 aliphatic carbocycles. The van der Waals surface area contributed by atoms with Gasteiger partial charge in [0.2, 0.25) is 5.91 Å². The van der Waals surface area contributed by atoms with Gasteiger partial charge >= 0.3 is 0 Å². The lowest BCUT2D eigenvalue weighted by atomic mass is 10.2. The fourth-order valence-electron chi connectivity index (χ4n) is 1.58. The zero-order valence-electron chi connectivity index (χ0n) is 9.27. The van der Waals surface area contributed by atoms with Crippen LogP contribution in [0.2, 0.25) is 5.02 Å². The predicted octanol–water partition coefficient (Wildman–Crippen LogP) is 3.40. The summed E-state index contributed by atoms with van der Waals surface area (Å²) < 4.78 is 0. The SMILES string of the molecule is CC=CC(=O)Nc1cc(Cl)cc2cccnc12. The monoisotopic (exact) mass is 246 g/mol. The smallest absolute Gasteiger partial charge is 0.248 e. The molecule has 4 heteroatoms. The number of pyridine rings is 1. The second-order valence-corrected chi connectivity index (χ2v) is 3.95. The fourth-order valence-corrected chi connectivity index (χ4v) is 1.80. The van der Waals surface area contributed by atoms with E-state index in [1.165, 1.54) is 6.08 Å². The van der Waals surface area contributed by atoms with Gasteiger partial charge in [-0.1, -0.05) is 23.7 Å². The number of benzene rings is 1. The predicted molar refractivity (Wildman–Crippen MR) is 70.2 cm³/mol. The Morgan fingerprint density at radius 3 is 3.06 bits per heavy atom. The molecule has 0 aliphatic heterocycles. The number of nitrogens with one attached hydrogen (secondary N) is 1. The number of halogens is 1. The zero-order valence-corrected chi connectivity index (χ0v) is 10.0. The number of carbonyl (C=O) groups excluding carboxylic acids is 1. The molecule has 0 bridgehead atoms. The molecular weight excluding hydrogens is 236 g/mol.